The number of benzene rings is 2. The zero-order valence-corrected chi connectivity index (χ0v) is 8.04. The van der Waals surface area contributed by atoms with Crippen LogP contribution in [-0.4, -0.2) is 15.0 Å². The molecule has 0 fully saturated rings. The van der Waals surface area contributed by atoms with Crippen LogP contribution in [0.5, 0.6) is 0 Å². The molecule has 3 nitrogen and oxygen atoms in total. The fourth-order valence-electron chi connectivity index (χ4n) is 1.74. The van der Waals surface area contributed by atoms with Crippen molar-refractivity contribution in [2.24, 2.45) is 0 Å². The van der Waals surface area contributed by atoms with Gasteiger partial charge < -0.3 is 0 Å². The molecule has 0 bridgehead atoms. The maximum Gasteiger partial charge on any atom is 0.0741 e. The lowest BCUT2D eigenvalue weighted by atomic mass is 10.1. The minimum atomic E-state index is 1.06. The fraction of sp³-hybridized carbons (Fsp3) is 0. The number of hydrogen-bond acceptors (Lipinski definition) is 2. The summed E-state index contributed by atoms with van der Waals surface area (Å²) in [5.74, 6) is 0. The van der Waals surface area contributed by atoms with Gasteiger partial charge >= 0.3 is 0 Å². The summed E-state index contributed by atoms with van der Waals surface area (Å²) in [6, 6.07) is 14.4. The highest BCUT2D eigenvalue weighted by Gasteiger charge is 2.01. The van der Waals surface area contributed by atoms with E-state index >= 15 is 0 Å². The van der Waals surface area contributed by atoms with Gasteiger partial charge in [-0.25, -0.2) is 4.68 Å². The number of fused-ring (bicyclic) bond motifs is 1. The van der Waals surface area contributed by atoms with Crippen molar-refractivity contribution < 1.29 is 0 Å². The molecule has 0 amide bonds. The summed E-state index contributed by atoms with van der Waals surface area (Å²) in [5, 5.41) is 10.2. The lowest BCUT2D eigenvalue weighted by Crippen LogP contribution is -1.95. The molecule has 0 unspecified atom stereocenters. The van der Waals surface area contributed by atoms with E-state index in [-0.39, 0.29) is 0 Å². The maximum atomic E-state index is 4.00. The van der Waals surface area contributed by atoms with Crippen LogP contribution in [0.4, 0.5) is 0 Å². The van der Waals surface area contributed by atoms with Crippen LogP contribution in [-0.2, 0) is 0 Å². The van der Waals surface area contributed by atoms with Crippen LogP contribution in [0.2, 0.25) is 0 Å². The van der Waals surface area contributed by atoms with Crippen molar-refractivity contribution in [1.29, 1.82) is 0 Å². The molecule has 0 aliphatic heterocycles. The number of rotatable bonds is 1. The minimum absolute atomic E-state index is 1.06. The summed E-state index contributed by atoms with van der Waals surface area (Å²) < 4.78 is 1.78. The quantitative estimate of drug-likeness (QED) is 0.597. The topological polar surface area (TPSA) is 30.7 Å². The van der Waals surface area contributed by atoms with Crippen LogP contribution < -0.4 is 0 Å². The van der Waals surface area contributed by atoms with Crippen molar-refractivity contribution in [3.05, 3.63) is 54.9 Å². The Balaban J connectivity index is 2.36. The highest BCUT2D eigenvalue weighted by Crippen LogP contribution is 2.20. The molecule has 0 saturated heterocycles. The molecule has 72 valence electrons. The van der Waals surface area contributed by atoms with E-state index in [0.29, 0.717) is 0 Å². The maximum absolute atomic E-state index is 4.00. The van der Waals surface area contributed by atoms with E-state index in [1.165, 1.54) is 10.8 Å². The minimum Gasteiger partial charge on any atom is -0.220 e. The Hall–Kier alpha value is -2.16. The first-order valence-electron chi connectivity index (χ1n) is 4.79. The fourth-order valence-corrected chi connectivity index (χ4v) is 1.74. The third-order valence-corrected chi connectivity index (χ3v) is 2.44. The second kappa shape index (κ2) is 3.20. The monoisotopic (exact) mass is 195 g/mol. The van der Waals surface area contributed by atoms with E-state index in [9.17, 15) is 0 Å². The summed E-state index contributed by atoms with van der Waals surface area (Å²) in [6.07, 6.45) is 3.53. The molecule has 0 radical (unpaired) electrons. The smallest absolute Gasteiger partial charge is 0.0741 e. The highest BCUT2D eigenvalue weighted by molar-refractivity contribution is 5.89. The summed E-state index contributed by atoms with van der Waals surface area (Å²) in [7, 11) is 0. The Morgan fingerprint density at radius 1 is 0.933 bits per heavy atom. The van der Waals surface area contributed by atoms with Crippen molar-refractivity contribution in [2.75, 3.05) is 0 Å². The van der Waals surface area contributed by atoms with Gasteiger partial charge in [-0.15, -0.1) is 5.10 Å². The van der Waals surface area contributed by atoms with Gasteiger partial charge in [-0.2, -0.15) is 0 Å². The van der Waals surface area contributed by atoms with E-state index in [2.05, 4.69) is 28.5 Å². The third-order valence-electron chi connectivity index (χ3n) is 2.44. The molecular formula is C12H9N3. The van der Waals surface area contributed by atoms with Crippen molar-refractivity contribution in [3.63, 3.8) is 0 Å². The molecule has 2 aromatic carbocycles. The van der Waals surface area contributed by atoms with Gasteiger partial charge in [-0.1, -0.05) is 41.6 Å². The Morgan fingerprint density at radius 2 is 1.80 bits per heavy atom. The van der Waals surface area contributed by atoms with Gasteiger partial charge in [0.2, 0.25) is 0 Å². The van der Waals surface area contributed by atoms with E-state index < -0.39 is 0 Å². The van der Waals surface area contributed by atoms with Gasteiger partial charge in [0.15, 0.2) is 0 Å². The van der Waals surface area contributed by atoms with E-state index in [1.807, 2.05) is 30.5 Å². The SMILES string of the molecule is c1ccc2c(-n3ccnn3)cccc2c1. The Kier molecular flexibility index (Phi) is 1.75. The predicted molar refractivity (Wildman–Crippen MR) is 58.9 cm³/mol. The average Bonchev–Trinajstić information content (AvgIpc) is 2.82. The second-order valence-corrected chi connectivity index (χ2v) is 3.35. The van der Waals surface area contributed by atoms with Crippen LogP contribution in [0.15, 0.2) is 54.9 Å². The van der Waals surface area contributed by atoms with Crippen molar-refractivity contribution in [2.45, 2.75) is 0 Å². The first kappa shape index (κ1) is 8.17. The molecule has 3 rings (SSSR count). The van der Waals surface area contributed by atoms with Gasteiger partial charge in [0.05, 0.1) is 18.1 Å². The van der Waals surface area contributed by atoms with Crippen molar-refractivity contribution in [1.82, 2.24) is 15.0 Å². The number of nitrogens with zero attached hydrogens (tertiary/aromatic N) is 3. The Labute approximate surface area is 87.0 Å². The molecule has 3 heteroatoms. The van der Waals surface area contributed by atoms with Gasteiger partial charge in [-0.05, 0) is 11.5 Å². The van der Waals surface area contributed by atoms with Gasteiger partial charge in [0.1, 0.15) is 0 Å². The second-order valence-electron chi connectivity index (χ2n) is 3.35. The molecule has 0 spiro atoms. The zero-order chi connectivity index (χ0) is 10.1. The van der Waals surface area contributed by atoms with Crippen LogP contribution in [0, 0.1) is 0 Å². The van der Waals surface area contributed by atoms with Crippen LogP contribution in [0.3, 0.4) is 0 Å². The molecule has 1 heterocycles. The number of aromatic nitrogens is 3. The lowest BCUT2D eigenvalue weighted by molar-refractivity contribution is 0.808. The van der Waals surface area contributed by atoms with E-state index in [4.69, 9.17) is 0 Å². The summed E-state index contributed by atoms with van der Waals surface area (Å²) in [4.78, 5) is 0. The average molecular weight is 195 g/mol. The summed E-state index contributed by atoms with van der Waals surface area (Å²) in [5.41, 5.74) is 1.06. The molecular weight excluding hydrogens is 186 g/mol. The van der Waals surface area contributed by atoms with Crippen LogP contribution in [0.25, 0.3) is 16.5 Å². The standard InChI is InChI=1S/C12H9N3/c1-2-6-11-10(4-1)5-3-7-12(11)15-9-8-13-14-15/h1-9H. The van der Waals surface area contributed by atoms with E-state index in [1.54, 1.807) is 10.9 Å². The van der Waals surface area contributed by atoms with Gasteiger partial charge in [-0.3, -0.25) is 0 Å². The largest absolute Gasteiger partial charge is 0.220 e. The third kappa shape index (κ3) is 1.29. The Morgan fingerprint density at radius 3 is 2.67 bits per heavy atom. The Bertz CT molecular complexity index is 579. The lowest BCUT2D eigenvalue weighted by Gasteiger charge is -2.04. The first-order valence-corrected chi connectivity index (χ1v) is 4.79. The molecule has 1 aromatic heterocycles. The van der Waals surface area contributed by atoms with E-state index in [0.717, 1.165) is 5.69 Å². The molecule has 0 aliphatic carbocycles. The first-order chi connectivity index (χ1) is 7.45. The van der Waals surface area contributed by atoms with Crippen LogP contribution in [0.1, 0.15) is 0 Å². The zero-order valence-electron chi connectivity index (χ0n) is 8.04. The summed E-state index contributed by atoms with van der Waals surface area (Å²) >= 11 is 0. The number of hydrogen-bond donors (Lipinski definition) is 0. The molecule has 3 aromatic rings. The van der Waals surface area contributed by atoms with Crippen molar-refractivity contribution in [3.8, 4) is 5.69 Å². The predicted octanol–water partition coefficient (Wildman–Crippen LogP) is 2.42. The normalized spacial score (nSPS) is 10.7. The molecule has 0 aliphatic rings. The molecule has 0 atom stereocenters. The van der Waals surface area contributed by atoms with Crippen LogP contribution >= 0.6 is 0 Å². The summed E-state index contributed by atoms with van der Waals surface area (Å²) in [6.45, 7) is 0. The van der Waals surface area contributed by atoms with Gasteiger partial charge in [0.25, 0.3) is 0 Å². The van der Waals surface area contributed by atoms with Gasteiger partial charge in [0, 0.05) is 5.39 Å². The van der Waals surface area contributed by atoms with Crippen molar-refractivity contribution >= 4 is 10.8 Å². The molecule has 0 N–H and O–H groups in total. The molecule has 15 heavy (non-hydrogen) atoms. The molecule has 0 saturated carbocycles. The highest BCUT2D eigenvalue weighted by atomic mass is 15.4.